The van der Waals surface area contributed by atoms with Gasteiger partial charge in [0.1, 0.15) is 5.75 Å². The summed E-state index contributed by atoms with van der Waals surface area (Å²) in [5.74, 6) is -1.12. The third kappa shape index (κ3) is 6.27. The van der Waals surface area contributed by atoms with Crippen LogP contribution in [0, 0.1) is 0 Å². The van der Waals surface area contributed by atoms with Gasteiger partial charge in [-0.3, -0.25) is 4.79 Å². The topological polar surface area (TPSA) is 101 Å². The van der Waals surface area contributed by atoms with Crippen LogP contribution >= 0.6 is 11.3 Å². The van der Waals surface area contributed by atoms with Gasteiger partial charge in [-0.1, -0.05) is 24.7 Å². The van der Waals surface area contributed by atoms with Gasteiger partial charge < -0.3 is 10.6 Å². The number of rotatable bonds is 7. The normalized spacial score (nSPS) is 13.7. The summed E-state index contributed by atoms with van der Waals surface area (Å²) >= 11 is 0.937. The Bertz CT molecular complexity index is 605. The first kappa shape index (κ1) is 18.8. The van der Waals surface area contributed by atoms with Crippen LogP contribution in [0.5, 0.6) is 0 Å². The first-order valence-corrected chi connectivity index (χ1v) is 9.64. The average molecular weight is 348 g/mol. The fourth-order valence-corrected chi connectivity index (χ4v) is 4.09. The number of carbonyl (C=O) groups excluding carboxylic acids is 1. The molecule has 0 aliphatic heterocycles. The van der Waals surface area contributed by atoms with Crippen molar-refractivity contribution < 1.29 is 13.2 Å². The lowest BCUT2D eigenvalue weighted by Gasteiger charge is -2.18. The Morgan fingerprint density at radius 3 is 2.50 bits per heavy atom. The molecule has 0 saturated carbocycles. The second kappa shape index (κ2) is 7.36. The van der Waals surface area contributed by atoms with Crippen molar-refractivity contribution >= 4 is 32.2 Å². The molecule has 1 aromatic rings. The number of hydrogen-bond donors (Lipinski definition) is 2. The van der Waals surface area contributed by atoms with E-state index in [9.17, 15) is 13.2 Å². The van der Waals surface area contributed by atoms with Crippen LogP contribution in [-0.4, -0.2) is 41.9 Å². The largest absolute Gasteiger partial charge is 0.355 e. The SMILES string of the molecule is CCC[C@@H](C)NC(=O)CS(=O)(=O)c1nnc(NC(C)(C)C)s1. The number of nitrogens with zero attached hydrogens (tertiary/aromatic N) is 2. The summed E-state index contributed by atoms with van der Waals surface area (Å²) in [6.45, 7) is 9.66. The molecular formula is C13H24N4O3S2. The van der Waals surface area contributed by atoms with E-state index in [-0.39, 0.29) is 15.9 Å². The van der Waals surface area contributed by atoms with Crippen LogP contribution in [0.2, 0.25) is 0 Å². The zero-order valence-corrected chi connectivity index (χ0v) is 15.3. The molecule has 0 aromatic carbocycles. The van der Waals surface area contributed by atoms with Crippen LogP contribution in [0.4, 0.5) is 5.13 Å². The quantitative estimate of drug-likeness (QED) is 0.779. The standard InChI is InChI=1S/C13H24N4O3S2/c1-6-7-9(2)14-10(18)8-22(19,20)12-17-16-11(21-12)15-13(3,4)5/h9H,6-8H2,1-5H3,(H,14,18)(H,15,16)/t9-/m1/s1. The minimum Gasteiger partial charge on any atom is -0.355 e. The molecule has 126 valence electrons. The first-order valence-electron chi connectivity index (χ1n) is 7.17. The lowest BCUT2D eigenvalue weighted by molar-refractivity contribution is -0.119. The lowest BCUT2D eigenvalue weighted by atomic mass is 10.1. The minimum absolute atomic E-state index is 0.0414. The van der Waals surface area contributed by atoms with Gasteiger partial charge in [-0.15, -0.1) is 10.2 Å². The molecule has 2 N–H and O–H groups in total. The van der Waals surface area contributed by atoms with E-state index in [1.165, 1.54) is 0 Å². The molecule has 1 rings (SSSR count). The van der Waals surface area contributed by atoms with Crippen LogP contribution in [0.25, 0.3) is 0 Å². The molecular weight excluding hydrogens is 324 g/mol. The van der Waals surface area contributed by atoms with E-state index in [1.807, 2.05) is 34.6 Å². The van der Waals surface area contributed by atoms with Crippen LogP contribution in [0.3, 0.4) is 0 Å². The van der Waals surface area contributed by atoms with Crippen molar-refractivity contribution in [3.8, 4) is 0 Å². The third-order valence-electron chi connectivity index (χ3n) is 2.60. The Hall–Kier alpha value is -1.22. The van der Waals surface area contributed by atoms with Crippen molar-refractivity contribution in [2.75, 3.05) is 11.1 Å². The molecule has 0 bridgehead atoms. The van der Waals surface area contributed by atoms with Gasteiger partial charge in [0.05, 0.1) is 0 Å². The van der Waals surface area contributed by atoms with Crippen molar-refractivity contribution in [1.82, 2.24) is 15.5 Å². The molecule has 0 aliphatic carbocycles. The summed E-state index contributed by atoms with van der Waals surface area (Å²) in [6, 6.07) is -0.0414. The molecule has 0 saturated heterocycles. The van der Waals surface area contributed by atoms with E-state index in [0.29, 0.717) is 5.13 Å². The highest BCUT2D eigenvalue weighted by Crippen LogP contribution is 2.23. The number of nitrogens with one attached hydrogen (secondary N) is 2. The van der Waals surface area contributed by atoms with Gasteiger partial charge in [0.2, 0.25) is 25.2 Å². The Morgan fingerprint density at radius 1 is 1.32 bits per heavy atom. The second-order valence-corrected chi connectivity index (χ2v) is 9.41. The maximum absolute atomic E-state index is 12.2. The molecule has 1 aromatic heterocycles. The number of aromatic nitrogens is 2. The molecule has 0 radical (unpaired) electrons. The van der Waals surface area contributed by atoms with E-state index in [1.54, 1.807) is 0 Å². The molecule has 0 unspecified atom stereocenters. The van der Waals surface area contributed by atoms with Gasteiger partial charge in [0.25, 0.3) is 0 Å². The highest BCUT2D eigenvalue weighted by Gasteiger charge is 2.25. The van der Waals surface area contributed by atoms with E-state index >= 15 is 0 Å². The third-order valence-corrected chi connectivity index (χ3v) is 5.51. The Balaban J connectivity index is 2.72. The monoisotopic (exact) mass is 348 g/mol. The Labute approximate surface area is 135 Å². The van der Waals surface area contributed by atoms with Crippen molar-refractivity contribution in [2.24, 2.45) is 0 Å². The van der Waals surface area contributed by atoms with E-state index in [4.69, 9.17) is 0 Å². The van der Waals surface area contributed by atoms with E-state index in [2.05, 4.69) is 20.8 Å². The van der Waals surface area contributed by atoms with Crippen molar-refractivity contribution in [2.45, 2.75) is 63.4 Å². The molecule has 1 heterocycles. The molecule has 0 aliphatic rings. The van der Waals surface area contributed by atoms with Crippen molar-refractivity contribution in [1.29, 1.82) is 0 Å². The maximum atomic E-state index is 12.2. The molecule has 1 atom stereocenters. The first-order chi connectivity index (χ1) is 10.0. The molecule has 1 amide bonds. The predicted molar refractivity (Wildman–Crippen MR) is 87.9 cm³/mol. The van der Waals surface area contributed by atoms with Crippen molar-refractivity contribution in [3.63, 3.8) is 0 Å². The Kier molecular flexibility index (Phi) is 6.30. The molecule has 9 heteroatoms. The summed E-state index contributed by atoms with van der Waals surface area (Å²) in [5.41, 5.74) is -0.243. The highest BCUT2D eigenvalue weighted by atomic mass is 32.2. The van der Waals surface area contributed by atoms with Crippen LogP contribution in [0.15, 0.2) is 4.34 Å². The van der Waals surface area contributed by atoms with Gasteiger partial charge in [-0.2, -0.15) is 0 Å². The van der Waals surface area contributed by atoms with Gasteiger partial charge in [0, 0.05) is 11.6 Å². The number of amides is 1. The fourth-order valence-electron chi connectivity index (χ4n) is 1.76. The van der Waals surface area contributed by atoms with Gasteiger partial charge in [-0.05, 0) is 34.1 Å². The predicted octanol–water partition coefficient (Wildman–Crippen LogP) is 1.83. The summed E-state index contributed by atoms with van der Waals surface area (Å²) in [4.78, 5) is 11.8. The van der Waals surface area contributed by atoms with E-state index in [0.717, 1.165) is 24.2 Å². The van der Waals surface area contributed by atoms with Crippen LogP contribution < -0.4 is 10.6 Å². The number of hydrogen-bond acceptors (Lipinski definition) is 7. The summed E-state index contributed by atoms with van der Waals surface area (Å²) in [5, 5.41) is 13.6. The Morgan fingerprint density at radius 2 is 1.95 bits per heavy atom. The molecule has 22 heavy (non-hydrogen) atoms. The van der Waals surface area contributed by atoms with Gasteiger partial charge >= 0.3 is 0 Å². The molecule has 0 fully saturated rings. The zero-order chi connectivity index (χ0) is 17.0. The van der Waals surface area contributed by atoms with E-state index < -0.39 is 21.5 Å². The molecule has 0 spiro atoms. The fraction of sp³-hybridized carbons (Fsp3) is 0.769. The lowest BCUT2D eigenvalue weighted by Crippen LogP contribution is -2.36. The van der Waals surface area contributed by atoms with Crippen molar-refractivity contribution in [3.05, 3.63) is 0 Å². The summed E-state index contributed by atoms with van der Waals surface area (Å²) in [7, 11) is -3.76. The number of sulfone groups is 1. The van der Waals surface area contributed by atoms with Gasteiger partial charge in [0.15, 0.2) is 0 Å². The number of anilines is 1. The second-order valence-electron chi connectivity index (χ2n) is 6.26. The average Bonchev–Trinajstić information content (AvgIpc) is 2.74. The van der Waals surface area contributed by atoms with Crippen LogP contribution in [0.1, 0.15) is 47.5 Å². The smallest absolute Gasteiger partial charge is 0.235 e. The van der Waals surface area contributed by atoms with Gasteiger partial charge in [-0.25, -0.2) is 8.42 Å². The summed E-state index contributed by atoms with van der Waals surface area (Å²) < 4.78 is 24.2. The number of carbonyl (C=O) groups is 1. The highest BCUT2D eigenvalue weighted by molar-refractivity contribution is 7.94. The summed E-state index contributed by atoms with van der Waals surface area (Å²) in [6.07, 6.45) is 1.73. The zero-order valence-electron chi connectivity index (χ0n) is 13.6. The maximum Gasteiger partial charge on any atom is 0.235 e. The molecule has 7 nitrogen and oxygen atoms in total. The van der Waals surface area contributed by atoms with Crippen LogP contribution in [-0.2, 0) is 14.6 Å². The minimum atomic E-state index is -3.76.